The van der Waals surface area contributed by atoms with Gasteiger partial charge in [-0.15, -0.1) is 0 Å². The van der Waals surface area contributed by atoms with E-state index in [1.54, 1.807) is 0 Å². The molecule has 1 aliphatic rings. The Kier molecular flexibility index (Phi) is 4.74. The van der Waals surface area contributed by atoms with Gasteiger partial charge in [-0.1, -0.05) is 6.92 Å². The second-order valence-corrected chi connectivity index (χ2v) is 4.98. The first-order valence-electron chi connectivity index (χ1n) is 6.80. The van der Waals surface area contributed by atoms with Gasteiger partial charge in [0.05, 0.1) is 18.9 Å². The van der Waals surface area contributed by atoms with E-state index in [4.69, 9.17) is 10.5 Å². The molecule has 1 fully saturated rings. The van der Waals surface area contributed by atoms with Crippen LogP contribution in [0.3, 0.4) is 0 Å². The number of ether oxygens (including phenoxy) is 1. The molecule has 2 N–H and O–H groups in total. The number of morpholine rings is 1. The van der Waals surface area contributed by atoms with E-state index in [2.05, 4.69) is 36.1 Å². The lowest BCUT2D eigenvalue weighted by Gasteiger charge is -2.34. The fraction of sp³-hybridized carbons (Fsp3) is 0.769. The van der Waals surface area contributed by atoms with Crippen LogP contribution >= 0.6 is 0 Å². The third kappa shape index (κ3) is 3.10. The van der Waals surface area contributed by atoms with E-state index in [0.717, 1.165) is 38.4 Å². The Bertz CT molecular complexity index is 366. The molecule has 5 nitrogen and oxygen atoms in total. The van der Waals surface area contributed by atoms with Crippen molar-refractivity contribution in [3.8, 4) is 0 Å². The van der Waals surface area contributed by atoms with Crippen LogP contribution in [0.25, 0.3) is 0 Å². The van der Waals surface area contributed by atoms with Gasteiger partial charge in [0.1, 0.15) is 0 Å². The second-order valence-electron chi connectivity index (χ2n) is 4.98. The van der Waals surface area contributed by atoms with E-state index >= 15 is 0 Å². The highest BCUT2D eigenvalue weighted by Crippen LogP contribution is 2.13. The van der Waals surface area contributed by atoms with Crippen LogP contribution < -0.4 is 5.73 Å². The monoisotopic (exact) mass is 252 g/mol. The molecule has 0 radical (unpaired) electrons. The fourth-order valence-electron chi connectivity index (χ4n) is 2.22. The quantitative estimate of drug-likeness (QED) is 0.850. The summed E-state index contributed by atoms with van der Waals surface area (Å²) >= 11 is 0. The largest absolute Gasteiger partial charge is 0.378 e. The Morgan fingerprint density at radius 2 is 2.44 bits per heavy atom. The summed E-state index contributed by atoms with van der Waals surface area (Å²) in [5.74, 6) is 0. The predicted molar refractivity (Wildman–Crippen MR) is 71.3 cm³/mol. The summed E-state index contributed by atoms with van der Waals surface area (Å²) in [6, 6.07) is 2.90. The van der Waals surface area contributed by atoms with E-state index in [0.29, 0.717) is 18.6 Å². The molecular formula is C13H24N4O. The van der Waals surface area contributed by atoms with Crippen molar-refractivity contribution in [1.82, 2.24) is 14.7 Å². The topological polar surface area (TPSA) is 56.3 Å². The standard InChI is InChI=1S/C13H24N4O/c1-3-11(2)17-5-4-12(15-17)9-16-6-7-18-10-13(16)8-14/h4-5,11,13H,3,6-10,14H2,1-2H3. The van der Waals surface area contributed by atoms with Crippen molar-refractivity contribution in [1.29, 1.82) is 0 Å². The zero-order valence-corrected chi connectivity index (χ0v) is 11.4. The number of hydrogen-bond acceptors (Lipinski definition) is 4. The van der Waals surface area contributed by atoms with Crippen LogP contribution in [-0.2, 0) is 11.3 Å². The number of nitrogens with zero attached hydrogens (tertiary/aromatic N) is 3. The van der Waals surface area contributed by atoms with Crippen molar-refractivity contribution < 1.29 is 4.74 Å². The SMILES string of the molecule is CCC(C)n1ccc(CN2CCOCC2CN)n1. The molecule has 0 bridgehead atoms. The van der Waals surface area contributed by atoms with Crippen molar-refractivity contribution >= 4 is 0 Å². The van der Waals surface area contributed by atoms with Crippen LogP contribution in [-0.4, -0.2) is 47.0 Å². The molecular weight excluding hydrogens is 228 g/mol. The highest BCUT2D eigenvalue weighted by molar-refractivity contribution is 5.00. The Morgan fingerprint density at radius 3 is 3.17 bits per heavy atom. The van der Waals surface area contributed by atoms with Crippen molar-refractivity contribution in [3.63, 3.8) is 0 Å². The molecule has 1 aliphatic heterocycles. The van der Waals surface area contributed by atoms with Crippen LogP contribution in [0.5, 0.6) is 0 Å². The van der Waals surface area contributed by atoms with Gasteiger partial charge in [0.15, 0.2) is 0 Å². The number of nitrogens with two attached hydrogens (primary N) is 1. The van der Waals surface area contributed by atoms with Crippen LogP contribution in [0.1, 0.15) is 32.0 Å². The lowest BCUT2D eigenvalue weighted by Crippen LogP contribution is -2.48. The molecule has 18 heavy (non-hydrogen) atoms. The highest BCUT2D eigenvalue weighted by Gasteiger charge is 2.22. The summed E-state index contributed by atoms with van der Waals surface area (Å²) in [6.45, 7) is 8.36. The third-order valence-corrected chi connectivity index (χ3v) is 3.69. The number of hydrogen-bond donors (Lipinski definition) is 1. The van der Waals surface area contributed by atoms with Crippen LogP contribution in [0.15, 0.2) is 12.3 Å². The van der Waals surface area contributed by atoms with Crippen molar-refractivity contribution in [3.05, 3.63) is 18.0 Å². The minimum atomic E-state index is 0.326. The lowest BCUT2D eigenvalue weighted by molar-refractivity contribution is -0.00855. The van der Waals surface area contributed by atoms with Gasteiger partial charge in [-0.25, -0.2) is 0 Å². The average Bonchev–Trinajstić information content (AvgIpc) is 2.87. The maximum absolute atomic E-state index is 5.77. The lowest BCUT2D eigenvalue weighted by atomic mass is 10.2. The summed E-state index contributed by atoms with van der Waals surface area (Å²) in [7, 11) is 0. The number of rotatable bonds is 5. The minimum absolute atomic E-state index is 0.326. The van der Waals surface area contributed by atoms with E-state index in [1.807, 2.05) is 4.68 Å². The van der Waals surface area contributed by atoms with E-state index in [1.165, 1.54) is 0 Å². The van der Waals surface area contributed by atoms with Crippen molar-refractivity contribution in [2.75, 3.05) is 26.3 Å². The van der Waals surface area contributed by atoms with Gasteiger partial charge in [0, 0.05) is 37.9 Å². The van der Waals surface area contributed by atoms with Crippen molar-refractivity contribution in [2.24, 2.45) is 5.73 Å². The Morgan fingerprint density at radius 1 is 1.61 bits per heavy atom. The smallest absolute Gasteiger partial charge is 0.0765 e. The predicted octanol–water partition coefficient (Wildman–Crippen LogP) is 1.01. The summed E-state index contributed by atoms with van der Waals surface area (Å²) in [5.41, 5.74) is 6.90. The molecule has 0 aliphatic carbocycles. The number of aromatic nitrogens is 2. The average molecular weight is 252 g/mol. The molecule has 0 aromatic carbocycles. The zero-order chi connectivity index (χ0) is 13.0. The third-order valence-electron chi connectivity index (χ3n) is 3.69. The van der Waals surface area contributed by atoms with Crippen LogP contribution in [0, 0.1) is 0 Å². The fourth-order valence-corrected chi connectivity index (χ4v) is 2.22. The Hall–Kier alpha value is -0.910. The summed E-state index contributed by atoms with van der Waals surface area (Å²) in [4.78, 5) is 2.37. The normalized spacial score (nSPS) is 23.2. The van der Waals surface area contributed by atoms with Crippen molar-refractivity contribution in [2.45, 2.75) is 38.9 Å². The molecule has 102 valence electrons. The molecule has 5 heteroatoms. The van der Waals surface area contributed by atoms with Gasteiger partial charge in [0.2, 0.25) is 0 Å². The second kappa shape index (κ2) is 6.31. The van der Waals surface area contributed by atoms with E-state index in [9.17, 15) is 0 Å². The molecule has 0 amide bonds. The first kappa shape index (κ1) is 13.5. The molecule has 1 aromatic heterocycles. The van der Waals surface area contributed by atoms with Crippen LogP contribution in [0.4, 0.5) is 0 Å². The molecule has 1 saturated heterocycles. The van der Waals surface area contributed by atoms with Gasteiger partial charge in [-0.3, -0.25) is 9.58 Å². The maximum Gasteiger partial charge on any atom is 0.0765 e. The minimum Gasteiger partial charge on any atom is -0.378 e. The van der Waals surface area contributed by atoms with Gasteiger partial charge >= 0.3 is 0 Å². The zero-order valence-electron chi connectivity index (χ0n) is 11.4. The van der Waals surface area contributed by atoms with E-state index in [-0.39, 0.29) is 0 Å². The van der Waals surface area contributed by atoms with Crippen LogP contribution in [0.2, 0.25) is 0 Å². The molecule has 2 heterocycles. The highest BCUT2D eigenvalue weighted by atomic mass is 16.5. The molecule has 2 atom stereocenters. The molecule has 1 aromatic rings. The molecule has 0 spiro atoms. The summed E-state index contributed by atoms with van der Waals surface area (Å²) in [6.07, 6.45) is 3.17. The van der Waals surface area contributed by atoms with Gasteiger partial charge in [-0.2, -0.15) is 5.10 Å². The maximum atomic E-state index is 5.77. The Balaban J connectivity index is 1.97. The molecule has 2 rings (SSSR count). The summed E-state index contributed by atoms with van der Waals surface area (Å²) in [5, 5.41) is 4.64. The van der Waals surface area contributed by atoms with E-state index < -0.39 is 0 Å². The van der Waals surface area contributed by atoms with Gasteiger partial charge in [0.25, 0.3) is 0 Å². The molecule has 0 saturated carbocycles. The van der Waals surface area contributed by atoms with Gasteiger partial charge < -0.3 is 10.5 Å². The Labute approximate surface area is 109 Å². The first-order valence-corrected chi connectivity index (χ1v) is 6.80. The van der Waals surface area contributed by atoms with Gasteiger partial charge in [-0.05, 0) is 19.4 Å². The molecule has 2 unspecified atom stereocenters. The summed E-state index contributed by atoms with van der Waals surface area (Å²) < 4.78 is 7.50. The first-order chi connectivity index (χ1) is 8.74.